The van der Waals surface area contributed by atoms with E-state index in [4.69, 9.17) is 5.11 Å². The molecule has 0 saturated heterocycles. The van der Waals surface area contributed by atoms with Crippen molar-refractivity contribution in [2.75, 3.05) is 0 Å². The molecule has 1 aromatic heterocycles. The largest absolute Gasteiger partial charge is 0.478 e. The first-order valence-corrected chi connectivity index (χ1v) is 4.71. The summed E-state index contributed by atoms with van der Waals surface area (Å²) in [6.45, 7) is 0. The summed E-state index contributed by atoms with van der Waals surface area (Å²) in [5.74, 6) is -2.57. The molecule has 1 N–H and O–H groups in total. The van der Waals surface area contributed by atoms with Crippen LogP contribution in [0.15, 0.2) is 30.6 Å². The number of carboxylic acid groups (broad SMARTS) is 1. The third kappa shape index (κ3) is 2.17. The van der Waals surface area contributed by atoms with Crippen LogP contribution < -0.4 is 0 Å². The molecule has 0 radical (unpaired) electrons. The maximum absolute atomic E-state index is 12.3. The Morgan fingerprint density at radius 1 is 1.28 bits per heavy atom. The number of hydrogen-bond acceptors (Lipinski definition) is 3. The van der Waals surface area contributed by atoms with Gasteiger partial charge < -0.3 is 5.11 Å². The number of hydrogen-bond donors (Lipinski definition) is 1. The Kier molecular flexibility index (Phi) is 2.77. The highest BCUT2D eigenvalue weighted by Gasteiger charge is 2.36. The van der Waals surface area contributed by atoms with E-state index in [1.807, 2.05) is 0 Å². The zero-order valence-corrected chi connectivity index (χ0v) is 8.72. The fourth-order valence-electron chi connectivity index (χ4n) is 1.36. The lowest BCUT2D eigenvalue weighted by atomic mass is 10.2. The van der Waals surface area contributed by atoms with Crippen LogP contribution in [-0.4, -0.2) is 25.8 Å². The van der Waals surface area contributed by atoms with Crippen LogP contribution in [0.3, 0.4) is 0 Å². The lowest BCUT2D eigenvalue weighted by Gasteiger charge is -2.04. The first-order chi connectivity index (χ1) is 8.39. The summed E-state index contributed by atoms with van der Waals surface area (Å²) in [6, 6.07) is 5.58. The van der Waals surface area contributed by atoms with Crippen molar-refractivity contribution in [3.63, 3.8) is 0 Å². The number of aromatic nitrogens is 3. The van der Waals surface area contributed by atoms with Crippen molar-refractivity contribution in [3.8, 4) is 5.69 Å². The van der Waals surface area contributed by atoms with E-state index in [2.05, 4.69) is 10.1 Å². The molecule has 0 bridgehead atoms. The second-order valence-corrected chi connectivity index (χ2v) is 3.33. The normalized spacial score (nSPS) is 11.5. The van der Waals surface area contributed by atoms with E-state index in [9.17, 15) is 18.0 Å². The minimum atomic E-state index is -4.66. The fraction of sp³-hybridized carbons (Fsp3) is 0.100. The van der Waals surface area contributed by atoms with Crippen molar-refractivity contribution >= 4 is 5.97 Å². The van der Waals surface area contributed by atoms with Crippen LogP contribution in [0.5, 0.6) is 0 Å². The van der Waals surface area contributed by atoms with Crippen LogP contribution in [-0.2, 0) is 6.18 Å². The number of benzene rings is 1. The molecule has 1 heterocycles. The Morgan fingerprint density at radius 2 is 1.94 bits per heavy atom. The molecular weight excluding hydrogens is 251 g/mol. The van der Waals surface area contributed by atoms with Gasteiger partial charge in [0.25, 0.3) is 5.82 Å². The zero-order chi connectivity index (χ0) is 13.3. The molecule has 5 nitrogen and oxygen atoms in total. The SMILES string of the molecule is O=C(O)c1ccccc1-n1cnc(C(F)(F)F)n1. The van der Waals surface area contributed by atoms with E-state index < -0.39 is 18.0 Å². The molecule has 0 fully saturated rings. The number of halogens is 3. The summed E-state index contributed by atoms with van der Waals surface area (Å²) in [6.07, 6.45) is -3.84. The highest BCUT2D eigenvalue weighted by Crippen LogP contribution is 2.26. The standard InChI is InChI=1S/C10H6F3N3O2/c11-10(12,13)9-14-5-16(15-9)7-4-2-1-3-6(7)8(17)18/h1-5H,(H,17,18). The van der Waals surface area contributed by atoms with E-state index >= 15 is 0 Å². The molecule has 94 valence electrons. The molecule has 0 spiro atoms. The van der Waals surface area contributed by atoms with Crippen molar-refractivity contribution < 1.29 is 23.1 Å². The maximum atomic E-state index is 12.3. The summed E-state index contributed by atoms with van der Waals surface area (Å²) in [5, 5.41) is 12.1. The molecule has 0 unspecified atom stereocenters. The summed E-state index contributed by atoms with van der Waals surface area (Å²) >= 11 is 0. The van der Waals surface area contributed by atoms with Gasteiger partial charge in [0.1, 0.15) is 6.33 Å². The second kappa shape index (κ2) is 4.13. The summed E-state index contributed by atoms with van der Waals surface area (Å²) in [5.41, 5.74) is -0.135. The quantitative estimate of drug-likeness (QED) is 0.893. The van der Waals surface area contributed by atoms with E-state index in [1.165, 1.54) is 24.3 Å². The van der Waals surface area contributed by atoms with Crippen LogP contribution in [0.25, 0.3) is 5.69 Å². The van der Waals surface area contributed by atoms with Gasteiger partial charge in [0.2, 0.25) is 0 Å². The monoisotopic (exact) mass is 257 g/mol. The van der Waals surface area contributed by atoms with Gasteiger partial charge >= 0.3 is 12.1 Å². The van der Waals surface area contributed by atoms with Crippen molar-refractivity contribution in [3.05, 3.63) is 42.0 Å². The molecule has 1 aromatic carbocycles. The molecule has 0 aliphatic rings. The molecule has 2 rings (SSSR count). The van der Waals surface area contributed by atoms with Gasteiger partial charge in [-0.15, -0.1) is 5.10 Å². The Labute approximate surface area is 98.5 Å². The number of alkyl halides is 3. The molecule has 8 heteroatoms. The van der Waals surface area contributed by atoms with Crippen LogP contribution in [0, 0.1) is 0 Å². The molecule has 0 amide bonds. The highest BCUT2D eigenvalue weighted by molar-refractivity contribution is 5.91. The third-order valence-electron chi connectivity index (χ3n) is 2.13. The average Bonchev–Trinajstić information content (AvgIpc) is 2.77. The minimum absolute atomic E-state index is 0.0213. The number of carbonyl (C=O) groups is 1. The van der Waals surface area contributed by atoms with Gasteiger partial charge in [-0.2, -0.15) is 13.2 Å². The molecule has 0 aliphatic heterocycles. The van der Waals surface area contributed by atoms with Crippen LogP contribution >= 0.6 is 0 Å². The third-order valence-corrected chi connectivity index (χ3v) is 2.13. The lowest BCUT2D eigenvalue weighted by molar-refractivity contribution is -0.144. The second-order valence-electron chi connectivity index (χ2n) is 3.33. The number of para-hydroxylation sites is 1. The summed E-state index contributed by atoms with van der Waals surface area (Å²) < 4.78 is 37.7. The van der Waals surface area contributed by atoms with Gasteiger partial charge in [-0.3, -0.25) is 0 Å². The Balaban J connectivity index is 2.50. The smallest absolute Gasteiger partial charge is 0.453 e. The Morgan fingerprint density at radius 3 is 2.50 bits per heavy atom. The van der Waals surface area contributed by atoms with Crippen molar-refractivity contribution in [2.24, 2.45) is 0 Å². The minimum Gasteiger partial charge on any atom is -0.478 e. The summed E-state index contributed by atoms with van der Waals surface area (Å²) in [4.78, 5) is 14.0. The van der Waals surface area contributed by atoms with Gasteiger partial charge in [0.05, 0.1) is 11.3 Å². The predicted molar refractivity (Wildman–Crippen MR) is 53.3 cm³/mol. The maximum Gasteiger partial charge on any atom is 0.453 e. The van der Waals surface area contributed by atoms with Gasteiger partial charge in [0.15, 0.2) is 0 Å². The topological polar surface area (TPSA) is 68.0 Å². The summed E-state index contributed by atoms with van der Waals surface area (Å²) in [7, 11) is 0. The first-order valence-electron chi connectivity index (χ1n) is 4.71. The van der Waals surface area contributed by atoms with E-state index in [0.717, 1.165) is 11.0 Å². The van der Waals surface area contributed by atoms with Crippen molar-refractivity contribution in [2.45, 2.75) is 6.18 Å². The van der Waals surface area contributed by atoms with Crippen LogP contribution in [0.4, 0.5) is 13.2 Å². The number of carboxylic acids is 1. The fourth-order valence-corrected chi connectivity index (χ4v) is 1.36. The van der Waals surface area contributed by atoms with Crippen molar-refractivity contribution in [1.82, 2.24) is 14.8 Å². The molecular formula is C10H6F3N3O2. The molecule has 0 atom stereocenters. The lowest BCUT2D eigenvalue weighted by Crippen LogP contribution is -2.10. The Hall–Kier alpha value is -2.38. The van der Waals surface area contributed by atoms with Crippen LogP contribution in [0.2, 0.25) is 0 Å². The molecule has 0 saturated carbocycles. The number of nitrogens with zero attached hydrogens (tertiary/aromatic N) is 3. The molecule has 2 aromatic rings. The number of aromatic carboxylic acids is 1. The van der Waals surface area contributed by atoms with Gasteiger partial charge in [-0.1, -0.05) is 12.1 Å². The van der Waals surface area contributed by atoms with Gasteiger partial charge in [-0.05, 0) is 12.1 Å². The zero-order valence-electron chi connectivity index (χ0n) is 8.72. The highest BCUT2D eigenvalue weighted by atomic mass is 19.4. The van der Waals surface area contributed by atoms with Crippen LogP contribution in [0.1, 0.15) is 16.2 Å². The average molecular weight is 257 g/mol. The predicted octanol–water partition coefficient (Wildman–Crippen LogP) is 1.98. The van der Waals surface area contributed by atoms with Gasteiger partial charge in [-0.25, -0.2) is 14.5 Å². The number of rotatable bonds is 2. The molecule has 0 aliphatic carbocycles. The first kappa shape index (κ1) is 12.1. The molecule has 18 heavy (non-hydrogen) atoms. The van der Waals surface area contributed by atoms with Gasteiger partial charge in [0, 0.05) is 0 Å². The Bertz CT molecular complexity index is 592. The van der Waals surface area contributed by atoms with Crippen molar-refractivity contribution in [1.29, 1.82) is 0 Å². The van der Waals surface area contributed by atoms with E-state index in [1.54, 1.807) is 0 Å². The van der Waals surface area contributed by atoms with E-state index in [-0.39, 0.29) is 11.3 Å². The van der Waals surface area contributed by atoms with E-state index in [0.29, 0.717) is 0 Å².